The number of hydrogen-bond donors (Lipinski definition) is 3. The van der Waals surface area contributed by atoms with Crippen LogP contribution in [0.2, 0.25) is 0 Å². The number of nitrogens with one attached hydrogen (secondary N) is 1. The van der Waals surface area contributed by atoms with Crippen molar-refractivity contribution >= 4 is 6.41 Å². The number of rotatable bonds is 4. The standard InChI is InChI=1S/C9H11N2O3/c1-6-9(14)8(3-10-5-13)7(4-12)2-11-6/h2,12,14H,3-4H2,1H3,(H,10,13). The Morgan fingerprint density at radius 1 is 1.64 bits per heavy atom. The zero-order valence-corrected chi connectivity index (χ0v) is 7.74. The molecule has 14 heavy (non-hydrogen) atoms. The molecule has 3 N–H and O–H groups in total. The Morgan fingerprint density at radius 3 is 2.93 bits per heavy atom. The molecule has 0 saturated carbocycles. The molecule has 1 aromatic heterocycles. The normalized spacial score (nSPS) is 9.86. The van der Waals surface area contributed by atoms with Crippen molar-refractivity contribution in [3.05, 3.63) is 23.0 Å². The van der Waals surface area contributed by atoms with Crippen LogP contribution in [0.1, 0.15) is 16.8 Å². The first-order chi connectivity index (χ1) is 6.70. The van der Waals surface area contributed by atoms with E-state index in [0.717, 1.165) is 0 Å². The van der Waals surface area contributed by atoms with E-state index in [1.165, 1.54) is 12.6 Å². The molecule has 0 aliphatic carbocycles. The summed E-state index contributed by atoms with van der Waals surface area (Å²) in [5.74, 6) is -0.000648. The van der Waals surface area contributed by atoms with Crippen molar-refractivity contribution in [2.24, 2.45) is 0 Å². The number of carbonyl (C=O) groups excluding carboxylic acids is 1. The Labute approximate surface area is 81.4 Å². The van der Waals surface area contributed by atoms with Gasteiger partial charge in [0.1, 0.15) is 5.75 Å². The fourth-order valence-corrected chi connectivity index (χ4v) is 1.14. The van der Waals surface area contributed by atoms with Gasteiger partial charge in [-0.15, -0.1) is 0 Å². The molecule has 0 unspecified atom stereocenters. The van der Waals surface area contributed by atoms with Crippen LogP contribution in [0.4, 0.5) is 0 Å². The summed E-state index contributed by atoms with van der Waals surface area (Å²) >= 11 is 0. The minimum Gasteiger partial charge on any atom is -0.506 e. The molecule has 0 atom stereocenters. The monoisotopic (exact) mass is 195 g/mol. The van der Waals surface area contributed by atoms with Crippen LogP contribution in [0, 0.1) is 6.92 Å². The van der Waals surface area contributed by atoms with Gasteiger partial charge in [-0.3, -0.25) is 9.78 Å². The smallest absolute Gasteiger partial charge is 0.309 e. The molecular weight excluding hydrogens is 184 g/mol. The lowest BCUT2D eigenvalue weighted by molar-refractivity contribution is 0.278. The van der Waals surface area contributed by atoms with Crippen LogP contribution in [0.3, 0.4) is 0 Å². The second-order valence-electron chi connectivity index (χ2n) is 2.81. The van der Waals surface area contributed by atoms with Gasteiger partial charge in [0.05, 0.1) is 12.3 Å². The molecular formula is C9H11N2O3. The summed E-state index contributed by atoms with van der Waals surface area (Å²) in [5.41, 5.74) is 1.43. The molecule has 0 bridgehead atoms. The highest BCUT2D eigenvalue weighted by atomic mass is 16.3. The van der Waals surface area contributed by atoms with Gasteiger partial charge in [-0.1, -0.05) is 0 Å². The van der Waals surface area contributed by atoms with Gasteiger partial charge in [-0.25, -0.2) is 0 Å². The van der Waals surface area contributed by atoms with Gasteiger partial charge in [0.15, 0.2) is 0 Å². The van der Waals surface area contributed by atoms with E-state index in [2.05, 4.69) is 10.3 Å². The van der Waals surface area contributed by atoms with Crippen molar-refractivity contribution in [1.29, 1.82) is 0 Å². The van der Waals surface area contributed by atoms with E-state index in [4.69, 9.17) is 5.11 Å². The maximum Gasteiger partial charge on any atom is 0.309 e. The minimum atomic E-state index is -0.225. The van der Waals surface area contributed by atoms with E-state index in [-0.39, 0.29) is 18.9 Å². The first kappa shape index (κ1) is 10.5. The molecule has 1 rings (SSSR count). The van der Waals surface area contributed by atoms with Crippen LogP contribution in [0.15, 0.2) is 6.20 Å². The molecule has 75 valence electrons. The molecule has 1 amide bonds. The molecule has 0 saturated heterocycles. The Balaban J connectivity index is 3.07. The Bertz CT molecular complexity index is 339. The minimum absolute atomic E-state index is 0.000648. The quantitative estimate of drug-likeness (QED) is 0.578. The summed E-state index contributed by atoms with van der Waals surface area (Å²) in [6.45, 7) is 1.55. The van der Waals surface area contributed by atoms with Gasteiger partial charge in [0, 0.05) is 23.9 Å². The van der Waals surface area contributed by atoms with E-state index in [0.29, 0.717) is 16.8 Å². The maximum absolute atomic E-state index is 9.98. The number of amides is 1. The highest BCUT2D eigenvalue weighted by Gasteiger charge is 2.10. The van der Waals surface area contributed by atoms with Crippen molar-refractivity contribution in [2.75, 3.05) is 0 Å². The number of aromatic nitrogens is 1. The summed E-state index contributed by atoms with van der Waals surface area (Å²) in [7, 11) is 0. The fourth-order valence-electron chi connectivity index (χ4n) is 1.14. The highest BCUT2D eigenvalue weighted by molar-refractivity contribution is 5.49. The number of aromatic hydroxyl groups is 1. The molecule has 0 aliphatic heterocycles. The topological polar surface area (TPSA) is 82.5 Å². The second-order valence-corrected chi connectivity index (χ2v) is 2.81. The molecule has 5 nitrogen and oxygen atoms in total. The van der Waals surface area contributed by atoms with Crippen LogP contribution in [0.5, 0.6) is 5.75 Å². The fraction of sp³-hybridized carbons (Fsp3) is 0.333. The van der Waals surface area contributed by atoms with Gasteiger partial charge in [0.25, 0.3) is 0 Å². The predicted molar refractivity (Wildman–Crippen MR) is 49.1 cm³/mol. The summed E-state index contributed by atoms with van der Waals surface area (Å²) in [6.07, 6.45) is 2.97. The van der Waals surface area contributed by atoms with Crippen molar-refractivity contribution in [2.45, 2.75) is 20.1 Å². The Morgan fingerprint density at radius 2 is 2.36 bits per heavy atom. The van der Waals surface area contributed by atoms with Crippen LogP contribution in [0.25, 0.3) is 0 Å². The van der Waals surface area contributed by atoms with Gasteiger partial charge in [-0.05, 0) is 6.92 Å². The summed E-state index contributed by atoms with van der Waals surface area (Å²) < 4.78 is 0. The molecule has 5 heteroatoms. The molecule has 0 fully saturated rings. The predicted octanol–water partition coefficient (Wildman–Crippen LogP) is -0.255. The number of pyridine rings is 1. The lowest BCUT2D eigenvalue weighted by Gasteiger charge is -2.09. The second kappa shape index (κ2) is 4.57. The lowest BCUT2D eigenvalue weighted by Crippen LogP contribution is -2.12. The largest absolute Gasteiger partial charge is 0.506 e. The summed E-state index contributed by atoms with van der Waals surface area (Å²) in [5, 5.41) is 20.9. The van der Waals surface area contributed by atoms with E-state index < -0.39 is 0 Å². The number of aliphatic hydroxyl groups is 1. The van der Waals surface area contributed by atoms with Crippen LogP contribution >= 0.6 is 0 Å². The average Bonchev–Trinajstić information content (AvgIpc) is 2.20. The zero-order chi connectivity index (χ0) is 10.6. The van der Waals surface area contributed by atoms with Crippen molar-refractivity contribution in [3.8, 4) is 5.75 Å². The summed E-state index contributed by atoms with van der Waals surface area (Å²) in [4.78, 5) is 13.9. The number of nitrogens with zero attached hydrogens (tertiary/aromatic N) is 1. The Hall–Kier alpha value is -1.62. The van der Waals surface area contributed by atoms with Crippen LogP contribution in [-0.2, 0) is 17.9 Å². The molecule has 1 heterocycles. The van der Waals surface area contributed by atoms with Gasteiger partial charge in [-0.2, -0.15) is 0 Å². The molecule has 0 aromatic carbocycles. The third-order valence-electron chi connectivity index (χ3n) is 1.94. The van der Waals surface area contributed by atoms with E-state index in [1.54, 1.807) is 6.92 Å². The zero-order valence-electron chi connectivity index (χ0n) is 7.74. The molecule has 1 aromatic rings. The van der Waals surface area contributed by atoms with Crippen molar-refractivity contribution in [3.63, 3.8) is 0 Å². The van der Waals surface area contributed by atoms with Crippen LogP contribution in [-0.4, -0.2) is 21.6 Å². The van der Waals surface area contributed by atoms with Crippen LogP contribution < -0.4 is 5.32 Å². The number of aryl methyl sites for hydroxylation is 1. The molecule has 1 radical (unpaired) electrons. The van der Waals surface area contributed by atoms with Gasteiger partial charge in [0.2, 0.25) is 0 Å². The number of aliphatic hydroxyl groups excluding tert-OH is 1. The molecule has 0 spiro atoms. The van der Waals surface area contributed by atoms with E-state index in [9.17, 15) is 9.90 Å². The van der Waals surface area contributed by atoms with E-state index in [1.807, 2.05) is 0 Å². The highest BCUT2D eigenvalue weighted by Crippen LogP contribution is 2.23. The summed E-state index contributed by atoms with van der Waals surface area (Å²) in [6, 6.07) is 0. The SMILES string of the molecule is Cc1ncc(CO)c(CN[C]=O)c1O. The van der Waals surface area contributed by atoms with Crippen molar-refractivity contribution in [1.82, 2.24) is 10.3 Å². The lowest BCUT2D eigenvalue weighted by atomic mass is 10.1. The van der Waals surface area contributed by atoms with Crippen molar-refractivity contribution < 1.29 is 15.0 Å². The van der Waals surface area contributed by atoms with E-state index >= 15 is 0 Å². The maximum atomic E-state index is 9.98. The van der Waals surface area contributed by atoms with Gasteiger partial charge >= 0.3 is 6.41 Å². The average molecular weight is 195 g/mol. The Kier molecular flexibility index (Phi) is 3.41. The molecule has 0 aliphatic rings. The van der Waals surface area contributed by atoms with Gasteiger partial charge < -0.3 is 15.5 Å². The third-order valence-corrected chi connectivity index (χ3v) is 1.94. The first-order valence-corrected chi connectivity index (χ1v) is 4.08. The first-order valence-electron chi connectivity index (χ1n) is 4.08. The number of hydrogen-bond acceptors (Lipinski definition) is 4. The third kappa shape index (κ3) is 2.00.